The maximum absolute atomic E-state index is 12.2. The lowest BCUT2D eigenvalue weighted by Crippen LogP contribution is -2.29. The predicted molar refractivity (Wildman–Crippen MR) is 69.1 cm³/mol. The fourth-order valence-corrected chi connectivity index (χ4v) is 2.53. The quantitative estimate of drug-likeness (QED) is 0.840. The number of sulfone groups is 1. The van der Waals surface area contributed by atoms with Crippen LogP contribution in [0.4, 0.5) is 0 Å². The minimum atomic E-state index is -3.65. The SMILES string of the molecule is CC(C)Oc1ccc(S(=O)(=O)C(C)(C)C#N)cc1. The van der Waals surface area contributed by atoms with Gasteiger partial charge in [0.05, 0.1) is 17.1 Å². The number of nitrogens with zero attached hydrogens (tertiary/aromatic N) is 1. The normalized spacial score (nSPS) is 12.2. The van der Waals surface area contributed by atoms with E-state index in [1.165, 1.54) is 26.0 Å². The fraction of sp³-hybridized carbons (Fsp3) is 0.462. The average Bonchev–Trinajstić information content (AvgIpc) is 2.28. The highest BCUT2D eigenvalue weighted by Crippen LogP contribution is 2.26. The number of rotatable bonds is 4. The van der Waals surface area contributed by atoms with Gasteiger partial charge in [0, 0.05) is 0 Å². The molecule has 0 radical (unpaired) electrons. The summed E-state index contributed by atoms with van der Waals surface area (Å²) in [5.41, 5.74) is 0. The molecule has 0 amide bonds. The zero-order valence-corrected chi connectivity index (χ0v) is 11.8. The molecule has 1 aromatic carbocycles. The summed E-state index contributed by atoms with van der Waals surface area (Å²) in [5, 5.41) is 8.91. The Balaban J connectivity index is 3.11. The molecule has 0 bridgehead atoms. The summed E-state index contributed by atoms with van der Waals surface area (Å²) in [5.74, 6) is 0.610. The number of hydrogen-bond acceptors (Lipinski definition) is 4. The summed E-state index contributed by atoms with van der Waals surface area (Å²) in [6.07, 6.45) is 0.0306. The fourth-order valence-electron chi connectivity index (χ4n) is 1.32. The van der Waals surface area contributed by atoms with Crippen LogP contribution in [0.5, 0.6) is 5.75 Å². The van der Waals surface area contributed by atoms with Crippen LogP contribution < -0.4 is 4.74 Å². The smallest absolute Gasteiger partial charge is 0.196 e. The first-order valence-electron chi connectivity index (χ1n) is 5.63. The molecule has 5 heteroatoms. The van der Waals surface area contributed by atoms with Crippen LogP contribution in [0.25, 0.3) is 0 Å². The Hall–Kier alpha value is -1.54. The molecule has 98 valence electrons. The lowest BCUT2D eigenvalue weighted by atomic mass is 10.2. The van der Waals surface area contributed by atoms with E-state index in [0.29, 0.717) is 5.75 Å². The first-order valence-corrected chi connectivity index (χ1v) is 7.11. The molecule has 0 atom stereocenters. The van der Waals surface area contributed by atoms with Crippen LogP contribution in [0.3, 0.4) is 0 Å². The van der Waals surface area contributed by atoms with Gasteiger partial charge in [0.1, 0.15) is 5.75 Å². The van der Waals surface area contributed by atoms with Gasteiger partial charge in [-0.1, -0.05) is 0 Å². The molecule has 0 aliphatic heterocycles. The van der Waals surface area contributed by atoms with Crippen LogP contribution in [-0.4, -0.2) is 19.3 Å². The van der Waals surface area contributed by atoms with Gasteiger partial charge < -0.3 is 4.74 Å². The summed E-state index contributed by atoms with van der Waals surface area (Å²) < 4.78 is 28.3. The lowest BCUT2D eigenvalue weighted by Gasteiger charge is -2.17. The van der Waals surface area contributed by atoms with E-state index in [-0.39, 0.29) is 11.0 Å². The highest BCUT2D eigenvalue weighted by molar-refractivity contribution is 7.93. The van der Waals surface area contributed by atoms with E-state index in [1.807, 2.05) is 19.9 Å². The van der Waals surface area contributed by atoms with Crippen molar-refractivity contribution in [3.05, 3.63) is 24.3 Å². The lowest BCUT2D eigenvalue weighted by molar-refractivity contribution is 0.242. The molecule has 0 aliphatic rings. The largest absolute Gasteiger partial charge is 0.491 e. The van der Waals surface area contributed by atoms with Gasteiger partial charge in [0.25, 0.3) is 0 Å². The van der Waals surface area contributed by atoms with Gasteiger partial charge in [-0.05, 0) is 52.0 Å². The molecular formula is C13H17NO3S. The van der Waals surface area contributed by atoms with Gasteiger partial charge in [-0.15, -0.1) is 0 Å². The summed E-state index contributed by atoms with van der Waals surface area (Å²) in [4.78, 5) is 0.130. The van der Waals surface area contributed by atoms with Crippen molar-refractivity contribution in [2.24, 2.45) is 0 Å². The second-order valence-corrected chi connectivity index (χ2v) is 7.26. The van der Waals surface area contributed by atoms with Crippen LogP contribution >= 0.6 is 0 Å². The van der Waals surface area contributed by atoms with Crippen molar-refractivity contribution < 1.29 is 13.2 Å². The highest BCUT2D eigenvalue weighted by atomic mass is 32.2. The van der Waals surface area contributed by atoms with Crippen molar-refractivity contribution in [1.82, 2.24) is 0 Å². The maximum Gasteiger partial charge on any atom is 0.196 e. The Morgan fingerprint density at radius 1 is 1.22 bits per heavy atom. The molecule has 1 aromatic rings. The Kier molecular flexibility index (Phi) is 4.02. The van der Waals surface area contributed by atoms with Crippen molar-refractivity contribution in [3.8, 4) is 11.8 Å². The summed E-state index contributed by atoms with van der Waals surface area (Å²) in [6, 6.07) is 7.93. The topological polar surface area (TPSA) is 67.2 Å². The molecule has 0 saturated carbocycles. The van der Waals surface area contributed by atoms with E-state index in [1.54, 1.807) is 12.1 Å². The van der Waals surface area contributed by atoms with Gasteiger partial charge in [-0.25, -0.2) is 8.42 Å². The molecule has 4 nitrogen and oxygen atoms in total. The molecule has 0 saturated heterocycles. The highest BCUT2D eigenvalue weighted by Gasteiger charge is 2.35. The average molecular weight is 267 g/mol. The first-order chi connectivity index (χ1) is 8.20. The van der Waals surface area contributed by atoms with Crippen molar-refractivity contribution in [3.63, 3.8) is 0 Å². The second kappa shape index (κ2) is 4.99. The van der Waals surface area contributed by atoms with Crippen LogP contribution in [0, 0.1) is 11.3 Å². The zero-order chi connectivity index (χ0) is 14.0. The van der Waals surface area contributed by atoms with Crippen LogP contribution in [0.15, 0.2) is 29.2 Å². The second-order valence-electron chi connectivity index (χ2n) is 4.76. The standard InChI is InChI=1S/C13H17NO3S/c1-10(2)17-11-5-7-12(8-6-11)18(15,16)13(3,4)9-14/h5-8,10H,1-4H3. The molecular weight excluding hydrogens is 250 g/mol. The third-order valence-corrected chi connectivity index (χ3v) is 4.77. The zero-order valence-electron chi connectivity index (χ0n) is 11.0. The molecule has 0 heterocycles. The van der Waals surface area contributed by atoms with Crippen molar-refractivity contribution in [2.75, 3.05) is 0 Å². The number of hydrogen-bond donors (Lipinski definition) is 0. The maximum atomic E-state index is 12.2. The molecule has 1 rings (SSSR count). The minimum Gasteiger partial charge on any atom is -0.491 e. The van der Waals surface area contributed by atoms with Gasteiger partial charge in [0.2, 0.25) is 0 Å². The third-order valence-electron chi connectivity index (χ3n) is 2.45. The van der Waals surface area contributed by atoms with Crippen molar-refractivity contribution in [2.45, 2.75) is 43.4 Å². The van der Waals surface area contributed by atoms with Gasteiger partial charge in [-0.2, -0.15) is 5.26 Å². The van der Waals surface area contributed by atoms with Crippen LogP contribution in [-0.2, 0) is 9.84 Å². The van der Waals surface area contributed by atoms with Crippen molar-refractivity contribution >= 4 is 9.84 Å². The van der Waals surface area contributed by atoms with Crippen LogP contribution in [0.1, 0.15) is 27.7 Å². The molecule has 0 fully saturated rings. The van der Waals surface area contributed by atoms with E-state index in [9.17, 15) is 8.42 Å². The first kappa shape index (κ1) is 14.5. The Bertz CT molecular complexity index is 551. The third kappa shape index (κ3) is 2.82. The minimum absolute atomic E-state index is 0.0306. The van der Waals surface area contributed by atoms with E-state index in [4.69, 9.17) is 10.00 Å². The Labute approximate surface area is 108 Å². The predicted octanol–water partition coefficient (Wildman–Crippen LogP) is 2.55. The Morgan fingerprint density at radius 2 is 1.72 bits per heavy atom. The van der Waals surface area contributed by atoms with E-state index in [0.717, 1.165) is 0 Å². The number of ether oxygens (including phenoxy) is 1. The molecule has 0 aliphatic carbocycles. The molecule has 0 aromatic heterocycles. The van der Waals surface area contributed by atoms with E-state index < -0.39 is 14.6 Å². The Morgan fingerprint density at radius 3 is 2.11 bits per heavy atom. The molecule has 0 unspecified atom stereocenters. The van der Waals surface area contributed by atoms with E-state index in [2.05, 4.69) is 0 Å². The van der Waals surface area contributed by atoms with Gasteiger partial charge >= 0.3 is 0 Å². The van der Waals surface area contributed by atoms with Crippen LogP contribution in [0.2, 0.25) is 0 Å². The molecule has 18 heavy (non-hydrogen) atoms. The van der Waals surface area contributed by atoms with Gasteiger partial charge in [0.15, 0.2) is 14.6 Å². The monoisotopic (exact) mass is 267 g/mol. The number of benzene rings is 1. The molecule has 0 spiro atoms. The summed E-state index contributed by atoms with van der Waals surface area (Å²) in [6.45, 7) is 6.56. The van der Waals surface area contributed by atoms with Gasteiger partial charge in [-0.3, -0.25) is 0 Å². The van der Waals surface area contributed by atoms with Crippen molar-refractivity contribution in [1.29, 1.82) is 5.26 Å². The molecule has 0 N–H and O–H groups in total. The van der Waals surface area contributed by atoms with E-state index >= 15 is 0 Å². The summed E-state index contributed by atoms with van der Waals surface area (Å²) in [7, 11) is -3.65. The number of nitriles is 1. The summed E-state index contributed by atoms with van der Waals surface area (Å²) >= 11 is 0.